The van der Waals surface area contributed by atoms with E-state index in [1.165, 1.54) is 22.6 Å². The second-order valence-corrected chi connectivity index (χ2v) is 8.11. The first-order chi connectivity index (χ1) is 10.4. The molecule has 1 aromatic rings. The van der Waals surface area contributed by atoms with Crippen LogP contribution in [0.4, 0.5) is 10.2 Å². The summed E-state index contributed by atoms with van der Waals surface area (Å²) >= 11 is 0. The van der Waals surface area contributed by atoms with E-state index in [-0.39, 0.29) is 17.6 Å². The van der Waals surface area contributed by atoms with Crippen LogP contribution < -0.4 is 5.32 Å². The largest absolute Gasteiger partial charge is 0.371 e. The van der Waals surface area contributed by atoms with Gasteiger partial charge in [-0.15, -0.1) is 0 Å². The van der Waals surface area contributed by atoms with Gasteiger partial charge in [0.15, 0.2) is 11.6 Å². The molecule has 122 valence electrons. The van der Waals surface area contributed by atoms with E-state index in [2.05, 4.69) is 10.3 Å². The normalized spacial score (nSPS) is 29.3. The van der Waals surface area contributed by atoms with Gasteiger partial charge in [0.2, 0.25) is 10.0 Å². The first-order valence-electron chi connectivity index (χ1n) is 7.43. The lowest BCUT2D eigenvalue weighted by Gasteiger charge is -2.23. The number of ether oxygens (including phenoxy) is 1. The van der Waals surface area contributed by atoms with Gasteiger partial charge >= 0.3 is 0 Å². The van der Waals surface area contributed by atoms with E-state index in [9.17, 15) is 12.8 Å². The number of rotatable bonds is 4. The zero-order valence-electron chi connectivity index (χ0n) is 12.5. The van der Waals surface area contributed by atoms with Gasteiger partial charge in [0.25, 0.3) is 0 Å². The molecule has 8 heteroatoms. The summed E-state index contributed by atoms with van der Waals surface area (Å²) in [5, 5.41) is 3.05. The minimum atomic E-state index is -3.18. The average molecular weight is 329 g/mol. The lowest BCUT2D eigenvalue weighted by molar-refractivity contribution is 0.0173. The highest BCUT2D eigenvalue weighted by Gasteiger charge is 2.48. The molecule has 3 rings (SSSR count). The van der Waals surface area contributed by atoms with Crippen LogP contribution in [0, 0.1) is 5.82 Å². The van der Waals surface area contributed by atoms with Crippen LogP contribution >= 0.6 is 0 Å². The van der Waals surface area contributed by atoms with Crippen molar-refractivity contribution < 1.29 is 17.5 Å². The Morgan fingerprint density at radius 2 is 2.41 bits per heavy atom. The van der Waals surface area contributed by atoms with Crippen LogP contribution in [0.25, 0.3) is 0 Å². The predicted molar refractivity (Wildman–Crippen MR) is 80.6 cm³/mol. The van der Waals surface area contributed by atoms with E-state index in [1.807, 2.05) is 0 Å². The summed E-state index contributed by atoms with van der Waals surface area (Å²) < 4.78 is 44.9. The molecule has 1 spiro atoms. The summed E-state index contributed by atoms with van der Waals surface area (Å²) in [5.74, 6) is -0.0848. The molecule has 22 heavy (non-hydrogen) atoms. The van der Waals surface area contributed by atoms with Crippen molar-refractivity contribution in [3.8, 4) is 0 Å². The maximum absolute atomic E-state index is 13.6. The van der Waals surface area contributed by atoms with Gasteiger partial charge < -0.3 is 10.1 Å². The summed E-state index contributed by atoms with van der Waals surface area (Å²) in [4.78, 5) is 3.98. The van der Waals surface area contributed by atoms with Crippen LogP contribution in [0.1, 0.15) is 19.8 Å². The monoisotopic (exact) mass is 329 g/mol. The molecule has 0 aromatic carbocycles. The van der Waals surface area contributed by atoms with Gasteiger partial charge in [-0.3, -0.25) is 0 Å². The molecule has 6 nitrogen and oxygen atoms in total. The zero-order chi connectivity index (χ0) is 15.8. The van der Waals surface area contributed by atoms with Crippen LogP contribution in [0.3, 0.4) is 0 Å². The molecular weight excluding hydrogens is 309 g/mol. The molecule has 0 bridgehead atoms. The Morgan fingerprint density at radius 3 is 3.14 bits per heavy atom. The first-order valence-corrected chi connectivity index (χ1v) is 9.04. The molecule has 2 aliphatic rings. The maximum atomic E-state index is 13.6. The number of sulfonamides is 1. The average Bonchev–Trinajstić information content (AvgIpc) is 3.10. The summed E-state index contributed by atoms with van der Waals surface area (Å²) in [6.45, 7) is 2.94. The van der Waals surface area contributed by atoms with E-state index in [0.29, 0.717) is 32.5 Å². The fourth-order valence-corrected chi connectivity index (χ4v) is 4.30. The van der Waals surface area contributed by atoms with Crippen LogP contribution in [-0.4, -0.2) is 54.8 Å². The number of aromatic nitrogens is 1. The minimum absolute atomic E-state index is 0.0614. The van der Waals surface area contributed by atoms with E-state index in [1.54, 1.807) is 6.92 Å². The van der Waals surface area contributed by atoms with Crippen LogP contribution in [0.2, 0.25) is 0 Å². The molecule has 1 aromatic heterocycles. The molecule has 0 saturated carbocycles. The van der Waals surface area contributed by atoms with E-state index in [0.717, 1.165) is 0 Å². The third-order valence-corrected chi connectivity index (χ3v) is 6.18. The highest BCUT2D eigenvalue weighted by molar-refractivity contribution is 7.89. The van der Waals surface area contributed by atoms with Crippen molar-refractivity contribution in [2.75, 3.05) is 30.8 Å². The molecule has 2 fully saturated rings. The quantitative estimate of drug-likeness (QED) is 0.899. The van der Waals surface area contributed by atoms with Crippen LogP contribution in [-0.2, 0) is 14.8 Å². The Hall–Kier alpha value is -1.25. The lowest BCUT2D eigenvalue weighted by Crippen LogP contribution is -2.37. The summed E-state index contributed by atoms with van der Waals surface area (Å²) in [5.41, 5.74) is -0.453. The second-order valence-electron chi connectivity index (χ2n) is 5.86. The molecule has 0 unspecified atom stereocenters. The number of nitrogens with one attached hydrogen (secondary N) is 1. The third kappa shape index (κ3) is 2.95. The van der Waals surface area contributed by atoms with Crippen LogP contribution in [0.5, 0.6) is 0 Å². The Balaban J connectivity index is 1.65. The van der Waals surface area contributed by atoms with Gasteiger partial charge in [-0.05, 0) is 25.5 Å². The molecule has 0 aliphatic carbocycles. The lowest BCUT2D eigenvalue weighted by atomic mass is 9.97. The summed E-state index contributed by atoms with van der Waals surface area (Å²) in [6.07, 6.45) is 2.86. The van der Waals surface area contributed by atoms with Gasteiger partial charge in [0.1, 0.15) is 0 Å². The standard InChI is InChI=1S/C14H20FN3O3S/c1-2-22(19,20)18-7-5-14(10-18)8-11(9-21-14)17-13-12(15)4-3-6-16-13/h3-4,6,11H,2,5,7-10H2,1H3,(H,16,17)/t11-,14+/m1/s1. The molecule has 1 N–H and O–H groups in total. The van der Waals surface area contributed by atoms with Gasteiger partial charge in [0.05, 0.1) is 24.0 Å². The molecular formula is C14H20FN3O3S. The highest BCUT2D eigenvalue weighted by atomic mass is 32.2. The van der Waals surface area contributed by atoms with Crippen LogP contribution in [0.15, 0.2) is 18.3 Å². The topological polar surface area (TPSA) is 71.5 Å². The first kappa shape index (κ1) is 15.6. The fourth-order valence-electron chi connectivity index (χ4n) is 3.13. The molecule has 2 saturated heterocycles. The molecule has 3 heterocycles. The van der Waals surface area contributed by atoms with Gasteiger partial charge in [0, 0.05) is 25.7 Å². The smallest absolute Gasteiger partial charge is 0.213 e. The molecule has 0 amide bonds. The van der Waals surface area contributed by atoms with Crippen molar-refractivity contribution in [1.29, 1.82) is 0 Å². The predicted octanol–water partition coefficient (Wildman–Crippen LogP) is 1.22. The van der Waals surface area contributed by atoms with Crippen molar-refractivity contribution in [3.63, 3.8) is 0 Å². The Labute approximate surface area is 129 Å². The second kappa shape index (κ2) is 5.75. The van der Waals surface area contributed by atoms with Crippen molar-refractivity contribution in [2.24, 2.45) is 0 Å². The highest BCUT2D eigenvalue weighted by Crippen LogP contribution is 2.37. The number of anilines is 1. The number of pyridine rings is 1. The van der Waals surface area contributed by atoms with Gasteiger partial charge in [-0.2, -0.15) is 4.31 Å². The van der Waals surface area contributed by atoms with E-state index in [4.69, 9.17) is 4.74 Å². The molecule has 0 radical (unpaired) electrons. The van der Waals surface area contributed by atoms with Gasteiger partial charge in [-0.25, -0.2) is 17.8 Å². The fraction of sp³-hybridized carbons (Fsp3) is 0.643. The number of nitrogens with zero attached hydrogens (tertiary/aromatic N) is 2. The number of hydrogen-bond acceptors (Lipinski definition) is 5. The molecule has 2 atom stereocenters. The van der Waals surface area contributed by atoms with Crippen molar-refractivity contribution >= 4 is 15.8 Å². The van der Waals surface area contributed by atoms with Crippen molar-refractivity contribution in [2.45, 2.75) is 31.4 Å². The van der Waals surface area contributed by atoms with E-state index < -0.39 is 21.4 Å². The van der Waals surface area contributed by atoms with E-state index >= 15 is 0 Å². The Morgan fingerprint density at radius 1 is 1.59 bits per heavy atom. The molecule has 2 aliphatic heterocycles. The van der Waals surface area contributed by atoms with Gasteiger partial charge in [-0.1, -0.05) is 0 Å². The summed E-state index contributed by atoms with van der Waals surface area (Å²) in [6, 6.07) is 2.83. The SMILES string of the molecule is CCS(=O)(=O)N1CC[C@]2(C[C@@H](Nc3ncccc3F)CO2)C1. The van der Waals surface area contributed by atoms with Crippen molar-refractivity contribution in [1.82, 2.24) is 9.29 Å². The number of halogens is 1. The zero-order valence-corrected chi connectivity index (χ0v) is 13.3. The Kier molecular flexibility index (Phi) is 4.09. The van der Waals surface area contributed by atoms with Crippen molar-refractivity contribution in [3.05, 3.63) is 24.1 Å². The Bertz CT molecular complexity index is 654. The number of hydrogen-bond donors (Lipinski definition) is 1. The minimum Gasteiger partial charge on any atom is -0.371 e. The maximum Gasteiger partial charge on any atom is 0.213 e. The third-order valence-electron chi connectivity index (χ3n) is 4.35. The summed E-state index contributed by atoms with van der Waals surface area (Å²) in [7, 11) is -3.18.